The number of aliphatic hydroxyl groups excluding tert-OH is 1. The summed E-state index contributed by atoms with van der Waals surface area (Å²) in [4.78, 5) is 65.7. The highest BCUT2D eigenvalue weighted by molar-refractivity contribution is 6.76. The molecule has 0 aliphatic rings. The van der Waals surface area contributed by atoms with Gasteiger partial charge in [0, 0.05) is 26.6 Å². The summed E-state index contributed by atoms with van der Waals surface area (Å²) in [6.07, 6.45) is -2.12. The van der Waals surface area contributed by atoms with Crippen molar-refractivity contribution >= 4 is 37.8 Å². The van der Waals surface area contributed by atoms with Crippen LogP contribution in [0.5, 0.6) is 40.2 Å². The van der Waals surface area contributed by atoms with Crippen LogP contribution in [0.15, 0.2) is 66.7 Å². The number of benzene rings is 4. The monoisotopic (exact) mass is 981 g/mol. The summed E-state index contributed by atoms with van der Waals surface area (Å²) in [7, 11) is 2.27. The van der Waals surface area contributed by atoms with Crippen molar-refractivity contribution in [3.8, 4) is 40.2 Å². The molecule has 69 heavy (non-hydrogen) atoms. The Bertz CT molecular complexity index is 2470. The van der Waals surface area contributed by atoms with E-state index in [-0.39, 0.29) is 52.0 Å². The van der Waals surface area contributed by atoms with E-state index in [4.69, 9.17) is 28.4 Å². The third kappa shape index (κ3) is 15.9. The van der Waals surface area contributed by atoms with Gasteiger partial charge in [0.25, 0.3) is 0 Å². The maximum absolute atomic E-state index is 14.6. The van der Waals surface area contributed by atoms with E-state index in [1.807, 2.05) is 0 Å². The molecule has 22 heteroatoms. The average Bonchev–Trinajstić information content (AvgIpc) is 3.26. The van der Waals surface area contributed by atoms with Crippen molar-refractivity contribution in [2.75, 3.05) is 34.5 Å². The van der Waals surface area contributed by atoms with Crippen LogP contribution in [-0.2, 0) is 25.5 Å². The van der Waals surface area contributed by atoms with E-state index in [0.717, 1.165) is 24.3 Å². The van der Waals surface area contributed by atoms with Crippen molar-refractivity contribution in [1.82, 2.24) is 21.3 Å². The summed E-state index contributed by atoms with van der Waals surface area (Å²) in [5.74, 6) is -3.85. The van der Waals surface area contributed by atoms with E-state index in [1.54, 1.807) is 45.9 Å². The molecule has 0 unspecified atom stereocenters. The Labute approximate surface area is 399 Å². The molecule has 4 rings (SSSR count). The number of nitrogens with zero attached hydrogens (tertiary/aromatic N) is 1. The van der Waals surface area contributed by atoms with Crippen LogP contribution in [0.2, 0.25) is 25.7 Å². The Morgan fingerprint density at radius 2 is 1.43 bits per heavy atom. The minimum atomic E-state index is -1.73. The maximum Gasteiger partial charge on any atom is 0.408 e. The maximum atomic E-state index is 14.6. The number of nitro benzene ring substituents is 1. The molecule has 0 heterocycles. The predicted octanol–water partition coefficient (Wildman–Crippen LogP) is 7.23. The van der Waals surface area contributed by atoms with E-state index in [1.165, 1.54) is 45.6 Å². The Kier molecular flexibility index (Phi) is 18.6. The molecular formula is C47H60FN5O15Si. The number of hydrogen-bond acceptors (Lipinski definition) is 15. The Morgan fingerprint density at radius 3 is 2.01 bits per heavy atom. The second kappa shape index (κ2) is 23.6. The van der Waals surface area contributed by atoms with Gasteiger partial charge in [0.15, 0.2) is 23.0 Å². The van der Waals surface area contributed by atoms with Crippen LogP contribution >= 0.6 is 0 Å². The zero-order chi connectivity index (χ0) is 51.4. The zero-order valence-corrected chi connectivity index (χ0v) is 41.1. The number of phenolic OH excluding ortho intramolecular Hbond substituents is 2. The topological polar surface area (TPSA) is 276 Å². The second-order valence-corrected chi connectivity index (χ2v) is 23.6. The lowest BCUT2D eigenvalue weighted by Gasteiger charge is -2.26. The summed E-state index contributed by atoms with van der Waals surface area (Å²) >= 11 is 0. The number of nitro groups is 1. The first kappa shape index (κ1) is 54.3. The van der Waals surface area contributed by atoms with Crippen LogP contribution in [-0.4, -0.2) is 98.5 Å². The van der Waals surface area contributed by atoms with E-state index in [9.17, 15) is 49.0 Å². The van der Waals surface area contributed by atoms with Gasteiger partial charge in [-0.25, -0.2) is 9.59 Å². The number of phenols is 2. The number of aromatic hydroxyl groups is 2. The number of rotatable bonds is 21. The number of aliphatic hydroxyl groups is 1. The quantitative estimate of drug-likeness (QED) is 0.0246. The number of methoxy groups -OCH3 is 3. The van der Waals surface area contributed by atoms with Gasteiger partial charge in [0.05, 0.1) is 51.6 Å². The molecular weight excluding hydrogens is 922 g/mol. The van der Waals surface area contributed by atoms with Gasteiger partial charge in [-0.05, 0) is 98.5 Å². The first-order valence-electron chi connectivity index (χ1n) is 21.6. The molecule has 374 valence electrons. The molecule has 20 nitrogen and oxygen atoms in total. The van der Waals surface area contributed by atoms with Gasteiger partial charge >= 0.3 is 17.9 Å². The molecule has 4 atom stereocenters. The molecule has 0 saturated heterocycles. The van der Waals surface area contributed by atoms with Gasteiger partial charge in [-0.2, -0.15) is 4.39 Å². The lowest BCUT2D eigenvalue weighted by Crippen LogP contribution is -2.51. The Morgan fingerprint density at radius 1 is 0.768 bits per heavy atom. The van der Waals surface area contributed by atoms with Gasteiger partial charge in [-0.1, -0.05) is 31.8 Å². The van der Waals surface area contributed by atoms with Crippen molar-refractivity contribution in [3.63, 3.8) is 0 Å². The third-order valence-electron chi connectivity index (χ3n) is 10.2. The molecule has 0 aliphatic carbocycles. The predicted molar refractivity (Wildman–Crippen MR) is 252 cm³/mol. The van der Waals surface area contributed by atoms with Crippen LogP contribution in [0.3, 0.4) is 0 Å². The summed E-state index contributed by atoms with van der Waals surface area (Å²) in [6.45, 7) is 12.3. The molecule has 0 aromatic heterocycles. The lowest BCUT2D eigenvalue weighted by molar-refractivity contribution is -0.387. The average molecular weight is 982 g/mol. The molecule has 4 aromatic carbocycles. The SMILES string of the molecule is COc1cc(Oc2cc([C@@H](C)NC(=O)OC(C)(C)C)ccc2OC)cc([C@H](NC(=O)[C@H](Cc2ccc(F)c([N+](=O)[O-])c2)NC(=O)OCC[Si](C)(C)C)C(=O)N[C@@H](CO)c2cc(O)c(OC)c(O)c2)c1. The lowest BCUT2D eigenvalue weighted by atomic mass is 10.0. The van der Waals surface area contributed by atoms with Gasteiger partial charge in [-0.3, -0.25) is 19.7 Å². The minimum Gasteiger partial charge on any atom is -0.504 e. The largest absolute Gasteiger partial charge is 0.504 e. The molecule has 4 amide bonds. The minimum absolute atomic E-state index is 0.0104. The van der Waals surface area contributed by atoms with Gasteiger partial charge in [0.2, 0.25) is 23.4 Å². The van der Waals surface area contributed by atoms with E-state index in [0.29, 0.717) is 11.6 Å². The Balaban J connectivity index is 1.82. The number of carbonyl (C=O) groups is 4. The number of amides is 4. The number of alkyl carbamates (subject to hydrolysis) is 2. The number of nitrogens with one attached hydrogen (secondary N) is 4. The summed E-state index contributed by atoms with van der Waals surface area (Å²) in [5, 5.41) is 53.7. The molecule has 7 N–H and O–H groups in total. The van der Waals surface area contributed by atoms with Gasteiger partial charge in [-0.15, -0.1) is 0 Å². The van der Waals surface area contributed by atoms with Crippen molar-refractivity contribution < 1.29 is 72.2 Å². The molecule has 0 radical (unpaired) electrons. The molecule has 4 aromatic rings. The highest BCUT2D eigenvalue weighted by atomic mass is 28.3. The number of ether oxygens (including phenoxy) is 6. The van der Waals surface area contributed by atoms with E-state index >= 15 is 0 Å². The smallest absolute Gasteiger partial charge is 0.408 e. The summed E-state index contributed by atoms with van der Waals surface area (Å²) < 4.78 is 47.7. The van der Waals surface area contributed by atoms with E-state index < -0.39 is 103 Å². The Hall–Kier alpha value is -7.33. The summed E-state index contributed by atoms with van der Waals surface area (Å²) in [5.41, 5.74) is -0.946. The molecule has 0 saturated carbocycles. The summed E-state index contributed by atoms with van der Waals surface area (Å²) in [6, 6.07) is 9.76. The van der Waals surface area contributed by atoms with Gasteiger partial charge < -0.3 is 65.0 Å². The fourth-order valence-corrected chi connectivity index (χ4v) is 7.36. The molecule has 0 spiro atoms. The highest BCUT2D eigenvalue weighted by Gasteiger charge is 2.32. The van der Waals surface area contributed by atoms with Crippen molar-refractivity contribution in [2.45, 2.75) is 89.6 Å². The first-order valence-corrected chi connectivity index (χ1v) is 25.3. The normalized spacial score (nSPS) is 13.1. The van der Waals surface area contributed by atoms with Gasteiger partial charge in [0.1, 0.15) is 29.2 Å². The van der Waals surface area contributed by atoms with Crippen molar-refractivity contribution in [2.24, 2.45) is 0 Å². The fraction of sp³-hybridized carbons (Fsp3) is 0.404. The highest BCUT2D eigenvalue weighted by Crippen LogP contribution is 2.39. The molecule has 0 aliphatic heterocycles. The van der Waals surface area contributed by atoms with Crippen molar-refractivity contribution in [3.05, 3.63) is 105 Å². The number of carbonyl (C=O) groups excluding carboxylic acids is 4. The van der Waals surface area contributed by atoms with Crippen LogP contribution in [0.1, 0.15) is 68.1 Å². The fourth-order valence-electron chi connectivity index (χ4n) is 6.64. The number of hydrogen-bond donors (Lipinski definition) is 7. The first-order chi connectivity index (χ1) is 32.3. The van der Waals surface area contributed by atoms with Crippen LogP contribution < -0.4 is 40.2 Å². The number of halogens is 1. The van der Waals surface area contributed by atoms with Crippen molar-refractivity contribution in [1.29, 1.82) is 0 Å². The second-order valence-electron chi connectivity index (χ2n) is 18.0. The zero-order valence-electron chi connectivity index (χ0n) is 40.1. The van der Waals surface area contributed by atoms with Crippen LogP contribution in [0.25, 0.3) is 0 Å². The molecule has 0 bridgehead atoms. The molecule has 0 fully saturated rings. The van der Waals surface area contributed by atoms with E-state index in [2.05, 4.69) is 40.9 Å². The third-order valence-corrected chi connectivity index (χ3v) is 11.9. The van der Waals surface area contributed by atoms with Crippen LogP contribution in [0, 0.1) is 15.9 Å². The standard InChI is InChI=1S/C47H60FN5O15Si/c1-26(49-46(60)68-47(2,3)4)28-12-14-39(64-6)40(23-28)67-32-20-30(19-31(24-32)63-5)41(44(58)50-35(25-54)29-21-37(55)42(65-7)38(56)22-29)52-43(57)34(51-45(59)66-15-16-69(8,9)10)17-27-11-13-33(48)36(18-27)53(61)62/h11-14,18-24,26,34-35,41,54-56H,15-17,25H2,1-10H3,(H,49,60)(H,50,58)(H,51,59)(H,52,57)/t26-,34+,35+,41+/m1/s1. The van der Waals surface area contributed by atoms with Crippen LogP contribution in [0.4, 0.5) is 19.7 Å².